The molecule has 1 saturated carbocycles. The fourth-order valence-corrected chi connectivity index (χ4v) is 5.47. The van der Waals surface area contributed by atoms with Gasteiger partial charge in [-0.05, 0) is 68.0 Å². The number of benzene rings is 1. The smallest absolute Gasteiger partial charge is 0.115 e. The van der Waals surface area contributed by atoms with Crippen molar-refractivity contribution in [2.45, 2.75) is 56.9 Å². The molecule has 116 valence electrons. The molecular weight excluding hydrogens is 326 g/mol. The summed E-state index contributed by atoms with van der Waals surface area (Å²) in [6.07, 6.45) is 7.96. The summed E-state index contributed by atoms with van der Waals surface area (Å²) in [5.41, 5.74) is 3.37. The first-order chi connectivity index (χ1) is 9.74. The van der Waals surface area contributed by atoms with Gasteiger partial charge in [-0.2, -0.15) is 0 Å². The van der Waals surface area contributed by atoms with Crippen LogP contribution in [-0.2, 0) is 11.8 Å². The lowest BCUT2D eigenvalue weighted by Crippen LogP contribution is -2.60. The fourth-order valence-electron chi connectivity index (χ4n) is 5.47. The summed E-state index contributed by atoms with van der Waals surface area (Å²) in [5.74, 6) is 1.28. The van der Waals surface area contributed by atoms with Crippen molar-refractivity contribution in [3.63, 3.8) is 0 Å². The van der Waals surface area contributed by atoms with Gasteiger partial charge in [0.2, 0.25) is 0 Å². The zero-order chi connectivity index (χ0) is 13.7. The summed E-state index contributed by atoms with van der Waals surface area (Å²) >= 11 is 0. The van der Waals surface area contributed by atoms with Crippen LogP contribution in [0.15, 0.2) is 18.2 Å². The number of rotatable bonds is 1. The van der Waals surface area contributed by atoms with Crippen LogP contribution in [0.5, 0.6) is 5.75 Å². The van der Waals surface area contributed by atoms with E-state index < -0.39 is 0 Å². The molecule has 1 aliphatic heterocycles. The maximum atomic E-state index is 9.96. The van der Waals surface area contributed by atoms with Gasteiger partial charge in [0.05, 0.1) is 0 Å². The van der Waals surface area contributed by atoms with Gasteiger partial charge in [0, 0.05) is 11.5 Å². The largest absolute Gasteiger partial charge is 0.508 e. The Kier molecular flexibility index (Phi) is 4.08. The maximum Gasteiger partial charge on any atom is 0.115 e. The van der Waals surface area contributed by atoms with E-state index in [1.54, 1.807) is 0 Å². The van der Waals surface area contributed by atoms with E-state index in [9.17, 15) is 5.11 Å². The van der Waals surface area contributed by atoms with E-state index >= 15 is 0 Å². The molecule has 0 aromatic heterocycles. The van der Waals surface area contributed by atoms with E-state index in [0.717, 1.165) is 12.0 Å². The lowest BCUT2D eigenvalue weighted by atomic mass is 9.52. The summed E-state index contributed by atoms with van der Waals surface area (Å²) in [6, 6.07) is 6.89. The quantitative estimate of drug-likeness (QED) is 0.824. The lowest BCUT2D eigenvalue weighted by molar-refractivity contribution is -0.00847. The third kappa shape index (κ3) is 2.16. The molecule has 1 aromatic carbocycles. The number of hydrogen-bond acceptors (Lipinski definition) is 2. The standard InChI is InChI=1S/C18H25NO.BrH/c1-2-19-10-9-18-8-4-3-5-15(18)17(19)11-13-6-7-14(20)12-16(13)18;/h6-7,12,15,17,20H,2-5,8-11H2,1H3;1H/t15-,17-,18-;/m0./s1. The third-order valence-corrected chi connectivity index (χ3v) is 6.34. The van der Waals surface area contributed by atoms with Crippen LogP contribution in [0.1, 0.15) is 50.2 Å². The molecular formula is C18H26BrNO. The monoisotopic (exact) mass is 351 g/mol. The molecule has 1 heterocycles. The molecule has 2 fully saturated rings. The highest BCUT2D eigenvalue weighted by molar-refractivity contribution is 8.93. The molecule has 0 radical (unpaired) electrons. The fraction of sp³-hybridized carbons (Fsp3) is 0.667. The Morgan fingerprint density at radius 2 is 2.14 bits per heavy atom. The highest BCUT2D eigenvalue weighted by Gasteiger charge is 2.53. The molecule has 0 unspecified atom stereocenters. The maximum absolute atomic E-state index is 9.96. The molecule has 0 spiro atoms. The summed E-state index contributed by atoms with van der Waals surface area (Å²) in [6.45, 7) is 4.74. The predicted molar refractivity (Wildman–Crippen MR) is 91.4 cm³/mol. The van der Waals surface area contributed by atoms with Crippen LogP contribution >= 0.6 is 17.0 Å². The van der Waals surface area contributed by atoms with Gasteiger partial charge in [0.15, 0.2) is 0 Å². The number of phenolic OH excluding ortho intramolecular Hbond substituents is 1. The zero-order valence-electron chi connectivity index (χ0n) is 12.8. The number of hydrogen-bond donors (Lipinski definition) is 1. The molecule has 0 amide bonds. The van der Waals surface area contributed by atoms with Crippen molar-refractivity contribution in [1.29, 1.82) is 0 Å². The van der Waals surface area contributed by atoms with Crippen molar-refractivity contribution in [1.82, 2.24) is 4.90 Å². The van der Waals surface area contributed by atoms with Gasteiger partial charge in [0.1, 0.15) is 5.75 Å². The van der Waals surface area contributed by atoms with Crippen molar-refractivity contribution in [2.24, 2.45) is 5.92 Å². The van der Waals surface area contributed by atoms with E-state index in [-0.39, 0.29) is 17.0 Å². The summed E-state index contributed by atoms with van der Waals surface area (Å²) in [7, 11) is 0. The summed E-state index contributed by atoms with van der Waals surface area (Å²) in [5, 5.41) is 9.96. The highest BCUT2D eigenvalue weighted by atomic mass is 79.9. The van der Waals surface area contributed by atoms with Crippen molar-refractivity contribution < 1.29 is 5.11 Å². The second kappa shape index (κ2) is 5.58. The van der Waals surface area contributed by atoms with E-state index in [2.05, 4.69) is 24.0 Å². The van der Waals surface area contributed by atoms with Crippen LogP contribution in [0.3, 0.4) is 0 Å². The second-order valence-corrected chi connectivity index (χ2v) is 7.00. The lowest BCUT2D eigenvalue weighted by Gasteiger charge is -2.59. The molecule has 1 saturated heterocycles. The van der Waals surface area contributed by atoms with Crippen molar-refractivity contribution in [2.75, 3.05) is 13.1 Å². The Balaban J connectivity index is 0.00000132. The van der Waals surface area contributed by atoms with Crippen LogP contribution < -0.4 is 0 Å². The number of piperidine rings is 1. The average molecular weight is 352 g/mol. The van der Waals surface area contributed by atoms with Crippen LogP contribution in [0, 0.1) is 5.92 Å². The van der Waals surface area contributed by atoms with Crippen molar-refractivity contribution >= 4 is 17.0 Å². The van der Waals surface area contributed by atoms with Gasteiger partial charge < -0.3 is 5.11 Å². The van der Waals surface area contributed by atoms with Gasteiger partial charge in [-0.15, -0.1) is 17.0 Å². The van der Waals surface area contributed by atoms with E-state index in [0.29, 0.717) is 11.2 Å². The molecule has 4 rings (SSSR count). The van der Waals surface area contributed by atoms with E-state index in [1.807, 2.05) is 6.07 Å². The number of fused-ring (bicyclic) bond motifs is 1. The molecule has 1 N–H and O–H groups in total. The number of phenols is 1. The first-order valence-electron chi connectivity index (χ1n) is 8.31. The van der Waals surface area contributed by atoms with Gasteiger partial charge >= 0.3 is 0 Å². The van der Waals surface area contributed by atoms with Crippen LogP contribution in [0.25, 0.3) is 0 Å². The Hall–Kier alpha value is -0.540. The molecule has 21 heavy (non-hydrogen) atoms. The van der Waals surface area contributed by atoms with Gasteiger partial charge in [-0.3, -0.25) is 4.90 Å². The first kappa shape index (κ1) is 15.4. The normalized spacial score (nSPS) is 34.5. The summed E-state index contributed by atoms with van der Waals surface area (Å²) in [4.78, 5) is 2.71. The van der Waals surface area contributed by atoms with Crippen LogP contribution in [0.4, 0.5) is 0 Å². The number of likely N-dealkylation sites (N-methyl/N-ethyl adjacent to an activating group) is 1. The third-order valence-electron chi connectivity index (χ3n) is 6.34. The SMILES string of the molecule is Br.CCN1CC[C@@]23CCCC[C@H]2[C@@H]1Cc1ccc(O)cc13. The minimum Gasteiger partial charge on any atom is -0.508 e. The molecule has 3 heteroatoms. The number of aromatic hydroxyl groups is 1. The predicted octanol–water partition coefficient (Wildman–Crippen LogP) is 4.05. The van der Waals surface area contributed by atoms with Crippen LogP contribution in [-0.4, -0.2) is 29.1 Å². The van der Waals surface area contributed by atoms with E-state index in [4.69, 9.17) is 0 Å². The highest BCUT2D eigenvalue weighted by Crippen LogP contribution is 2.56. The number of nitrogens with zero attached hydrogens (tertiary/aromatic N) is 1. The average Bonchev–Trinajstić information content (AvgIpc) is 2.48. The molecule has 2 nitrogen and oxygen atoms in total. The van der Waals surface area contributed by atoms with E-state index in [1.165, 1.54) is 62.7 Å². The van der Waals surface area contributed by atoms with Gasteiger partial charge in [-0.1, -0.05) is 25.8 Å². The van der Waals surface area contributed by atoms with Crippen molar-refractivity contribution in [3.05, 3.63) is 29.3 Å². The molecule has 2 aliphatic carbocycles. The van der Waals surface area contributed by atoms with Crippen molar-refractivity contribution in [3.8, 4) is 5.75 Å². The van der Waals surface area contributed by atoms with Crippen LogP contribution in [0.2, 0.25) is 0 Å². The minimum absolute atomic E-state index is 0. The Bertz CT molecular complexity index is 532. The molecule has 2 bridgehead atoms. The number of likely N-dealkylation sites (tertiary alicyclic amines) is 1. The Morgan fingerprint density at radius 3 is 2.95 bits per heavy atom. The Labute approximate surface area is 138 Å². The molecule has 3 atom stereocenters. The minimum atomic E-state index is 0. The Morgan fingerprint density at radius 1 is 1.29 bits per heavy atom. The topological polar surface area (TPSA) is 23.5 Å². The van der Waals surface area contributed by atoms with Gasteiger partial charge in [0.25, 0.3) is 0 Å². The number of halogens is 1. The second-order valence-electron chi connectivity index (χ2n) is 7.00. The molecule has 1 aromatic rings. The zero-order valence-corrected chi connectivity index (χ0v) is 14.6. The summed E-state index contributed by atoms with van der Waals surface area (Å²) < 4.78 is 0. The first-order valence-corrected chi connectivity index (χ1v) is 8.31. The van der Waals surface area contributed by atoms with Gasteiger partial charge in [-0.25, -0.2) is 0 Å². The molecule has 3 aliphatic rings.